The number of fused-ring (bicyclic) bond motifs is 3. The molecule has 2 heterocycles. The first-order valence-electron chi connectivity index (χ1n) is 20.5. The summed E-state index contributed by atoms with van der Waals surface area (Å²) < 4.78 is 80.2. The molecule has 3 aromatic rings. The Balaban J connectivity index is 1.63. The Hall–Kier alpha value is -6.06. The smallest absolute Gasteiger partial charge is 0.340 e. The van der Waals surface area contributed by atoms with Gasteiger partial charge in [0.2, 0.25) is 12.4 Å². The van der Waals surface area contributed by atoms with Crippen LogP contribution in [-0.2, 0) is 57.7 Å². The van der Waals surface area contributed by atoms with E-state index in [2.05, 4.69) is 15.3 Å². The minimum atomic E-state index is -4.89. The molecule has 23 heteroatoms. The minimum absolute atomic E-state index is 0.0453. The molecule has 7 atom stereocenters. The fourth-order valence-electron chi connectivity index (χ4n) is 7.55. The van der Waals surface area contributed by atoms with Gasteiger partial charge in [0.05, 0.1) is 26.4 Å². The van der Waals surface area contributed by atoms with Crippen molar-refractivity contribution in [1.29, 1.82) is 0 Å². The minimum Gasteiger partial charge on any atom is -0.497 e. The molecule has 1 amide bonds. The number of amides is 1. The summed E-state index contributed by atoms with van der Waals surface area (Å²) in [6, 6.07) is 9.82. The maximum atomic E-state index is 14.7. The van der Waals surface area contributed by atoms with Gasteiger partial charge in [-0.25, -0.2) is 4.79 Å². The summed E-state index contributed by atoms with van der Waals surface area (Å²) in [6.45, 7) is 9.30. The molecule has 3 aromatic carbocycles. The first-order valence-corrected chi connectivity index (χ1v) is 22.4. The van der Waals surface area contributed by atoms with E-state index in [0.29, 0.717) is 23.4 Å². The summed E-state index contributed by atoms with van der Waals surface area (Å²) in [7, 11) is -0.898. The summed E-state index contributed by atoms with van der Waals surface area (Å²) in [5.41, 5.74) is 8.94. The van der Waals surface area contributed by atoms with Gasteiger partial charge < -0.3 is 52.3 Å². The lowest BCUT2D eigenvalue weighted by atomic mass is 9.96. The van der Waals surface area contributed by atoms with Gasteiger partial charge in [0, 0.05) is 80.8 Å². The predicted molar refractivity (Wildman–Crippen MR) is 235 cm³/mol. The molecule has 1 fully saturated rings. The average molecular weight is 962 g/mol. The summed E-state index contributed by atoms with van der Waals surface area (Å²) >= 11 is 6.33. The van der Waals surface area contributed by atoms with Gasteiger partial charge >= 0.3 is 34.0 Å². The van der Waals surface area contributed by atoms with E-state index in [4.69, 9.17) is 59.2 Å². The number of alkyl halides is 1. The summed E-state index contributed by atoms with van der Waals surface area (Å²) in [5.74, 6) is -5.14. The average Bonchev–Trinajstić information content (AvgIpc) is 3.69. The van der Waals surface area contributed by atoms with Crippen molar-refractivity contribution in [2.45, 2.75) is 88.7 Å². The van der Waals surface area contributed by atoms with Crippen molar-refractivity contribution in [3.05, 3.63) is 64.0 Å². The van der Waals surface area contributed by atoms with Gasteiger partial charge in [-0.1, -0.05) is 12.0 Å². The number of carbonyl (C=O) groups is 5. The van der Waals surface area contributed by atoms with Crippen LogP contribution < -0.4 is 19.0 Å². The fraction of sp³-hybridized carbons (Fsp3) is 0.512. The molecular formula is C43H52ClN5O16S. The quantitative estimate of drug-likeness (QED) is 0.0306. The number of halogens is 1. The van der Waals surface area contributed by atoms with Crippen molar-refractivity contribution in [3.8, 4) is 17.2 Å². The molecule has 0 spiro atoms. The molecule has 2 aliphatic heterocycles. The predicted octanol–water partition coefficient (Wildman–Crippen LogP) is 5.25. The van der Waals surface area contributed by atoms with Gasteiger partial charge in [-0.3, -0.25) is 19.2 Å². The monoisotopic (exact) mass is 961 g/mol. The normalized spacial score (nSPS) is 20.6. The Morgan fingerprint density at radius 2 is 1.62 bits per heavy atom. The molecule has 1 saturated heterocycles. The van der Waals surface area contributed by atoms with E-state index in [1.54, 1.807) is 32.0 Å². The number of likely N-dealkylation sites (N-methyl/N-ethyl adjacent to an activating group) is 1. The summed E-state index contributed by atoms with van der Waals surface area (Å²) in [4.78, 5) is 68.4. The molecule has 0 radical (unpaired) electrons. The third-order valence-electron chi connectivity index (χ3n) is 10.4. The second-order valence-corrected chi connectivity index (χ2v) is 18.0. The Bertz CT molecular complexity index is 2500. The van der Waals surface area contributed by atoms with Crippen LogP contribution in [0, 0.1) is 5.92 Å². The highest BCUT2D eigenvalue weighted by molar-refractivity contribution is 7.87. The number of rotatable bonds is 19. The number of nitrogens with zero attached hydrogens (tertiary/aromatic N) is 4. The van der Waals surface area contributed by atoms with Crippen molar-refractivity contribution in [1.82, 2.24) is 4.90 Å². The van der Waals surface area contributed by atoms with Gasteiger partial charge in [0.1, 0.15) is 10.6 Å². The molecule has 0 aromatic heterocycles. The first kappa shape index (κ1) is 50.9. The highest BCUT2D eigenvalue weighted by atomic mass is 35.5. The third kappa shape index (κ3) is 12.0. The number of anilines is 1. The van der Waals surface area contributed by atoms with Crippen molar-refractivity contribution in [2.75, 3.05) is 58.7 Å². The second kappa shape index (κ2) is 21.5. The van der Waals surface area contributed by atoms with Crippen molar-refractivity contribution < 1.29 is 74.5 Å². The molecule has 66 heavy (non-hydrogen) atoms. The molecule has 1 N–H and O–H groups in total. The highest BCUT2D eigenvalue weighted by Gasteiger charge is 2.56. The lowest BCUT2D eigenvalue weighted by molar-refractivity contribution is -0.282. The number of ether oxygens (including phenoxy) is 8. The Kier molecular flexibility index (Phi) is 16.6. The van der Waals surface area contributed by atoms with Crippen LogP contribution in [0.15, 0.2) is 52.5 Å². The van der Waals surface area contributed by atoms with Crippen LogP contribution in [0.3, 0.4) is 0 Å². The van der Waals surface area contributed by atoms with Crippen molar-refractivity contribution >= 4 is 68.0 Å². The SMILES string of the molecule is COC(=O)[C@H]1O[C@@H](Oc2ccc(C(=O)N(C)CC(C)(C)OCC(C)CN=[N+]=[N-])cc2OS(=O)(=O)c2cc3c(c4cc(OC)ccc24)[C@H](CCl)CN3)C(OC(C)=O)[C@@H](OC(C)=O)[C@@H]1OC(C)=O. The summed E-state index contributed by atoms with van der Waals surface area (Å²) in [6.07, 6.45) is -9.02. The van der Waals surface area contributed by atoms with E-state index < -0.39 is 87.7 Å². The number of esters is 4. The fourth-order valence-corrected chi connectivity index (χ4v) is 8.98. The van der Waals surface area contributed by atoms with E-state index in [9.17, 15) is 32.4 Å². The molecule has 21 nitrogen and oxygen atoms in total. The van der Waals surface area contributed by atoms with Crippen molar-refractivity contribution in [3.63, 3.8) is 0 Å². The molecule has 0 saturated carbocycles. The second-order valence-electron chi connectivity index (χ2n) is 16.2. The number of methoxy groups -OCH3 is 2. The van der Waals surface area contributed by atoms with Crippen LogP contribution in [0.1, 0.15) is 63.4 Å². The zero-order valence-electron chi connectivity index (χ0n) is 37.7. The Morgan fingerprint density at radius 1 is 0.955 bits per heavy atom. The lowest BCUT2D eigenvalue weighted by Gasteiger charge is -2.43. The molecule has 0 bridgehead atoms. The number of nitrogens with one attached hydrogen (secondary N) is 1. The van der Waals surface area contributed by atoms with Gasteiger partial charge in [0.15, 0.2) is 29.8 Å². The van der Waals surface area contributed by atoms with Crippen LogP contribution in [0.5, 0.6) is 17.2 Å². The maximum absolute atomic E-state index is 14.7. The van der Waals surface area contributed by atoms with Crippen LogP contribution >= 0.6 is 11.6 Å². The maximum Gasteiger partial charge on any atom is 0.340 e. The van der Waals surface area contributed by atoms with Crippen LogP contribution in [0.2, 0.25) is 0 Å². The Morgan fingerprint density at radius 3 is 2.24 bits per heavy atom. The number of azide groups is 1. The molecule has 2 aliphatic rings. The van der Waals surface area contributed by atoms with E-state index in [0.717, 1.165) is 39.5 Å². The largest absolute Gasteiger partial charge is 0.497 e. The molecule has 358 valence electrons. The van der Waals surface area contributed by atoms with Crippen LogP contribution in [-0.4, -0.2) is 133 Å². The molecule has 2 unspecified atom stereocenters. The van der Waals surface area contributed by atoms with Crippen LogP contribution in [0.25, 0.3) is 21.2 Å². The van der Waals surface area contributed by atoms with Gasteiger partial charge in [0.25, 0.3) is 5.91 Å². The number of benzene rings is 3. The number of carbonyl (C=O) groups excluding carboxylic acids is 5. The van der Waals surface area contributed by atoms with E-state index in [-0.39, 0.29) is 53.3 Å². The zero-order chi connectivity index (χ0) is 48.7. The first-order chi connectivity index (χ1) is 31.1. The van der Waals surface area contributed by atoms with E-state index in [1.165, 1.54) is 37.3 Å². The van der Waals surface area contributed by atoms with Crippen LogP contribution in [0.4, 0.5) is 5.69 Å². The van der Waals surface area contributed by atoms with Crippen molar-refractivity contribution in [2.24, 2.45) is 11.0 Å². The van der Waals surface area contributed by atoms with Gasteiger partial charge in [-0.2, -0.15) is 8.42 Å². The zero-order valence-corrected chi connectivity index (χ0v) is 39.3. The topological polar surface area (TPSA) is 267 Å². The van der Waals surface area contributed by atoms with Gasteiger partial charge in [-0.15, -0.1) is 11.6 Å². The third-order valence-corrected chi connectivity index (χ3v) is 12.0. The number of hydrogen-bond acceptors (Lipinski definition) is 18. The van der Waals surface area contributed by atoms with Gasteiger partial charge in [-0.05, 0) is 78.7 Å². The lowest BCUT2D eigenvalue weighted by Crippen LogP contribution is -2.64. The highest BCUT2D eigenvalue weighted by Crippen LogP contribution is 2.44. The molecular weight excluding hydrogens is 910 g/mol. The van der Waals surface area contributed by atoms with E-state index >= 15 is 0 Å². The van der Waals surface area contributed by atoms with E-state index in [1.807, 2.05) is 6.92 Å². The Labute approximate surface area is 385 Å². The molecule has 5 rings (SSSR count). The molecule has 0 aliphatic carbocycles. The number of hydrogen-bond donors (Lipinski definition) is 1. The standard InChI is InChI=1S/C43H52ClN5O16S/c1-22(18-47-48-45)20-59-43(5,6)21-49(7)40(53)26-10-13-32(63-42-39(62-25(4)52)37(61-24(3)51)36(60-23(2)50)38(64-42)41(54)58-9)33(14-26)65-66(55,56)34-16-31-35(27(17-44)19-46-31)30-15-28(57-8)11-12-29(30)34/h10-16,22,27,36-39,42,46H,17-21H2,1-9H3/t22?,27-,36+,37+,38+,39?,42-/m1/s1. The summed E-state index contributed by atoms with van der Waals surface area (Å²) in [5, 5.41) is 7.56.